The van der Waals surface area contributed by atoms with Gasteiger partial charge in [0.2, 0.25) is 0 Å². The van der Waals surface area contributed by atoms with Crippen molar-refractivity contribution in [2.75, 3.05) is 0 Å². The zero-order valence-corrected chi connectivity index (χ0v) is 31.4. The van der Waals surface area contributed by atoms with Crippen LogP contribution in [-0.4, -0.2) is 14.1 Å². The molecule has 1 aliphatic rings. The van der Waals surface area contributed by atoms with Gasteiger partial charge in [-0.2, -0.15) is 0 Å². The van der Waals surface area contributed by atoms with E-state index in [0.717, 1.165) is 16.9 Å². The Hall–Kier alpha value is -7.75. The van der Waals surface area contributed by atoms with Crippen LogP contribution in [0.25, 0.3) is 121 Å². The molecule has 9 aromatic carbocycles. The van der Waals surface area contributed by atoms with E-state index in [0.29, 0.717) is 0 Å². The molecule has 12 aromatic rings. The molecule has 0 N–H and O–H groups in total. The normalized spacial score (nSPS) is 12.1. The maximum atomic E-state index is 5.14. The summed E-state index contributed by atoms with van der Waals surface area (Å²) in [6.07, 6.45) is 2.04. The summed E-state index contributed by atoms with van der Waals surface area (Å²) in [6, 6.07) is 71.0. The van der Waals surface area contributed by atoms with Gasteiger partial charge in [0.05, 0.1) is 27.8 Å². The lowest BCUT2D eigenvalue weighted by Gasteiger charge is -2.13. The van der Waals surface area contributed by atoms with E-state index in [1.165, 1.54) is 104 Å². The van der Waals surface area contributed by atoms with Crippen LogP contribution in [0.5, 0.6) is 0 Å². The predicted molar refractivity (Wildman–Crippen MR) is 243 cm³/mol. The van der Waals surface area contributed by atoms with E-state index in [1.807, 2.05) is 6.20 Å². The van der Waals surface area contributed by atoms with Crippen molar-refractivity contribution in [1.29, 1.82) is 0 Å². The Balaban J connectivity index is 0.983. The molecule has 1 aliphatic carbocycles. The van der Waals surface area contributed by atoms with Crippen molar-refractivity contribution in [2.24, 2.45) is 0 Å². The Kier molecular flexibility index (Phi) is 6.44. The van der Waals surface area contributed by atoms with Gasteiger partial charge in [0.25, 0.3) is 0 Å². The first-order valence-electron chi connectivity index (χ1n) is 20.0. The number of pyridine rings is 1. The highest BCUT2D eigenvalue weighted by Gasteiger charge is 2.25. The van der Waals surface area contributed by atoms with E-state index in [9.17, 15) is 0 Å². The van der Waals surface area contributed by atoms with Crippen LogP contribution < -0.4 is 0 Å². The molecule has 0 saturated carbocycles. The molecule has 0 unspecified atom stereocenters. The second-order valence-corrected chi connectivity index (χ2v) is 15.5. The fourth-order valence-corrected chi connectivity index (χ4v) is 9.94. The number of benzene rings is 9. The second-order valence-electron chi connectivity index (χ2n) is 15.5. The van der Waals surface area contributed by atoms with Gasteiger partial charge in [-0.1, -0.05) is 140 Å². The van der Waals surface area contributed by atoms with E-state index in [4.69, 9.17) is 4.98 Å². The lowest BCUT2D eigenvalue weighted by Crippen LogP contribution is -1.95. The summed E-state index contributed by atoms with van der Waals surface area (Å²) < 4.78 is 4.85. The SMILES string of the molecule is c1ccc(-n2c3ccc(-c4ccc5c(c4)c4ccccc4n5-c4cccc(-c5ncc6cccc7c6c5-c5ccccc5-7)c4)cc3c3ccc4ccccc4c32)cc1. The number of nitrogens with zero attached hydrogens (tertiary/aromatic N) is 3. The third kappa shape index (κ3) is 4.36. The molecule has 268 valence electrons. The molecule has 3 heteroatoms. The number of aromatic nitrogens is 3. The Labute approximate surface area is 334 Å². The monoisotopic (exact) mass is 735 g/mol. The Morgan fingerprint density at radius 3 is 1.84 bits per heavy atom. The van der Waals surface area contributed by atoms with Crippen LogP contribution in [0.3, 0.4) is 0 Å². The molecular weight excluding hydrogens is 703 g/mol. The largest absolute Gasteiger partial charge is 0.309 e. The van der Waals surface area contributed by atoms with Crippen molar-refractivity contribution in [1.82, 2.24) is 14.1 Å². The number of hydrogen-bond donors (Lipinski definition) is 0. The van der Waals surface area contributed by atoms with Crippen LogP contribution in [-0.2, 0) is 0 Å². The molecule has 58 heavy (non-hydrogen) atoms. The molecule has 3 nitrogen and oxygen atoms in total. The molecule has 0 spiro atoms. The Bertz CT molecular complexity index is 3680. The molecule has 3 aromatic heterocycles. The van der Waals surface area contributed by atoms with Crippen molar-refractivity contribution >= 4 is 65.2 Å². The maximum Gasteiger partial charge on any atom is 0.0787 e. The summed E-state index contributed by atoms with van der Waals surface area (Å²) in [5, 5.41) is 9.95. The number of hydrogen-bond acceptors (Lipinski definition) is 1. The van der Waals surface area contributed by atoms with Crippen molar-refractivity contribution in [3.63, 3.8) is 0 Å². The van der Waals surface area contributed by atoms with Gasteiger partial charge in [0.1, 0.15) is 0 Å². The van der Waals surface area contributed by atoms with Gasteiger partial charge >= 0.3 is 0 Å². The highest BCUT2D eigenvalue weighted by Crippen LogP contribution is 2.50. The molecule has 0 saturated heterocycles. The molecule has 0 fully saturated rings. The first kappa shape index (κ1) is 31.5. The first-order valence-corrected chi connectivity index (χ1v) is 20.0. The highest BCUT2D eigenvalue weighted by atomic mass is 15.0. The summed E-state index contributed by atoms with van der Waals surface area (Å²) in [5.41, 5.74) is 16.7. The topological polar surface area (TPSA) is 22.8 Å². The van der Waals surface area contributed by atoms with E-state index in [-0.39, 0.29) is 0 Å². The van der Waals surface area contributed by atoms with Gasteiger partial charge < -0.3 is 9.13 Å². The molecule has 0 bridgehead atoms. The van der Waals surface area contributed by atoms with Crippen molar-refractivity contribution < 1.29 is 0 Å². The summed E-state index contributed by atoms with van der Waals surface area (Å²) in [5.74, 6) is 0. The van der Waals surface area contributed by atoms with Crippen LogP contribution in [0, 0.1) is 0 Å². The van der Waals surface area contributed by atoms with E-state index in [1.54, 1.807) is 0 Å². The number of para-hydroxylation sites is 2. The Morgan fingerprint density at radius 2 is 0.983 bits per heavy atom. The van der Waals surface area contributed by atoms with Gasteiger partial charge in [0, 0.05) is 66.4 Å². The molecular formula is C55H33N3. The van der Waals surface area contributed by atoms with Crippen LogP contribution >= 0.6 is 0 Å². The molecule has 0 atom stereocenters. The van der Waals surface area contributed by atoms with Gasteiger partial charge in [-0.25, -0.2) is 0 Å². The van der Waals surface area contributed by atoms with Gasteiger partial charge in [-0.3, -0.25) is 4.98 Å². The average Bonchev–Trinajstić information content (AvgIpc) is 3.93. The summed E-state index contributed by atoms with van der Waals surface area (Å²) >= 11 is 0. The summed E-state index contributed by atoms with van der Waals surface area (Å²) in [6.45, 7) is 0. The minimum atomic E-state index is 1.02. The molecule has 0 radical (unpaired) electrons. The molecule has 0 amide bonds. The standard InChI is InChI=1S/C55H33N3/c1-2-15-39(16-3-1)58-51-29-26-36(32-48(51)46-27-24-34-12-4-5-18-41(34)55(46)58)35-25-28-50-47(31-35)43-20-8-9-23-49(43)57(50)40-17-10-13-37(30-40)54-53-45-21-7-6-19-42(45)44-22-11-14-38(33-56-54)52(44)53/h1-33H. The summed E-state index contributed by atoms with van der Waals surface area (Å²) in [7, 11) is 0. The third-order valence-corrected chi connectivity index (χ3v) is 12.5. The minimum Gasteiger partial charge on any atom is -0.309 e. The fourth-order valence-electron chi connectivity index (χ4n) is 9.94. The number of rotatable bonds is 4. The van der Waals surface area contributed by atoms with Crippen LogP contribution in [0.1, 0.15) is 0 Å². The van der Waals surface area contributed by atoms with Crippen molar-refractivity contribution in [3.8, 4) is 56.0 Å². The van der Waals surface area contributed by atoms with Gasteiger partial charge in [0.15, 0.2) is 0 Å². The maximum absolute atomic E-state index is 5.14. The smallest absolute Gasteiger partial charge is 0.0787 e. The zero-order valence-electron chi connectivity index (χ0n) is 31.4. The van der Waals surface area contributed by atoms with Crippen LogP contribution in [0.4, 0.5) is 0 Å². The van der Waals surface area contributed by atoms with E-state index >= 15 is 0 Å². The zero-order chi connectivity index (χ0) is 37.9. The lowest BCUT2D eigenvalue weighted by atomic mass is 9.98. The average molecular weight is 736 g/mol. The Morgan fingerprint density at radius 1 is 0.345 bits per heavy atom. The third-order valence-electron chi connectivity index (χ3n) is 12.5. The van der Waals surface area contributed by atoms with Crippen LogP contribution in [0.15, 0.2) is 200 Å². The van der Waals surface area contributed by atoms with E-state index in [2.05, 4.69) is 203 Å². The molecule has 13 rings (SSSR count). The molecule has 3 heterocycles. The predicted octanol–water partition coefficient (Wildman–Crippen LogP) is 14.6. The highest BCUT2D eigenvalue weighted by molar-refractivity contribution is 6.20. The molecule has 0 aliphatic heterocycles. The van der Waals surface area contributed by atoms with Gasteiger partial charge in [-0.15, -0.1) is 0 Å². The van der Waals surface area contributed by atoms with Crippen molar-refractivity contribution in [3.05, 3.63) is 200 Å². The summed E-state index contributed by atoms with van der Waals surface area (Å²) in [4.78, 5) is 5.14. The van der Waals surface area contributed by atoms with Gasteiger partial charge in [-0.05, 0) is 87.8 Å². The second kappa shape index (κ2) is 11.9. The van der Waals surface area contributed by atoms with E-state index < -0.39 is 0 Å². The quantitative estimate of drug-likeness (QED) is 0.176. The lowest BCUT2D eigenvalue weighted by molar-refractivity contribution is 1.18. The van der Waals surface area contributed by atoms with Crippen LogP contribution in [0.2, 0.25) is 0 Å². The minimum absolute atomic E-state index is 1.02. The fraction of sp³-hybridized carbons (Fsp3) is 0. The van der Waals surface area contributed by atoms with Crippen molar-refractivity contribution in [2.45, 2.75) is 0 Å². The number of fused-ring (bicyclic) bond motifs is 11. The first-order chi connectivity index (χ1) is 28.8.